The molecule has 0 unspecified atom stereocenters. The molecule has 0 N–H and O–H groups in total. The van der Waals surface area contributed by atoms with Crippen LogP contribution in [-0.4, -0.2) is 17.4 Å². The number of nitriles is 1. The van der Waals surface area contributed by atoms with Gasteiger partial charge in [-0.15, -0.1) is 0 Å². The molecule has 1 aromatic heterocycles. The van der Waals surface area contributed by atoms with Crippen molar-refractivity contribution in [3.63, 3.8) is 0 Å². The van der Waals surface area contributed by atoms with Crippen LogP contribution in [0.3, 0.4) is 0 Å². The average molecular weight is 301 g/mol. The first kappa shape index (κ1) is 15.2. The molecule has 21 heavy (non-hydrogen) atoms. The number of hydrogen-bond donors (Lipinski definition) is 0. The van der Waals surface area contributed by atoms with E-state index in [4.69, 9.17) is 21.6 Å². The Labute approximate surface area is 128 Å². The van der Waals surface area contributed by atoms with Crippen LogP contribution in [0.4, 0.5) is 0 Å². The number of aromatic nitrogens is 1. The summed E-state index contributed by atoms with van der Waals surface area (Å²) in [6, 6.07) is 14.3. The summed E-state index contributed by atoms with van der Waals surface area (Å²) in [5.74, 6) is -1.22. The van der Waals surface area contributed by atoms with Crippen LogP contribution in [0.25, 0.3) is 0 Å². The zero-order valence-electron chi connectivity index (χ0n) is 11.2. The quantitative estimate of drug-likeness (QED) is 0.822. The number of halogens is 1. The molecule has 1 atom stereocenters. The lowest BCUT2D eigenvalue weighted by atomic mass is 10.0. The van der Waals surface area contributed by atoms with Crippen molar-refractivity contribution in [1.29, 1.82) is 5.26 Å². The fourth-order valence-electron chi connectivity index (χ4n) is 1.81. The zero-order chi connectivity index (χ0) is 15.1. The lowest BCUT2D eigenvalue weighted by Gasteiger charge is -2.09. The second-order valence-corrected chi connectivity index (χ2v) is 4.77. The maximum absolute atomic E-state index is 12.0. The number of nitrogens with zero attached hydrogens (tertiary/aromatic N) is 2. The molecule has 0 fully saturated rings. The Morgan fingerprint density at radius 3 is 2.71 bits per heavy atom. The average Bonchev–Trinajstić information content (AvgIpc) is 2.51. The molecular formula is C16H13ClN2O2. The van der Waals surface area contributed by atoms with E-state index in [0.717, 1.165) is 5.56 Å². The summed E-state index contributed by atoms with van der Waals surface area (Å²) in [5.41, 5.74) is 1.24. The van der Waals surface area contributed by atoms with E-state index in [-0.39, 0.29) is 19.0 Å². The maximum Gasteiger partial charge on any atom is 0.181 e. The van der Waals surface area contributed by atoms with Crippen LogP contribution >= 0.6 is 11.6 Å². The van der Waals surface area contributed by atoms with E-state index in [9.17, 15) is 4.79 Å². The van der Waals surface area contributed by atoms with Gasteiger partial charge in [-0.05, 0) is 23.8 Å². The van der Waals surface area contributed by atoms with Gasteiger partial charge in [0.2, 0.25) is 0 Å². The van der Waals surface area contributed by atoms with E-state index in [1.165, 1.54) is 0 Å². The number of ether oxygens (including phenoxy) is 1. The first-order valence-corrected chi connectivity index (χ1v) is 6.74. The predicted octanol–water partition coefficient (Wildman–Crippen LogP) is 3.13. The minimum atomic E-state index is -0.905. The highest BCUT2D eigenvalue weighted by Crippen LogP contribution is 2.17. The van der Waals surface area contributed by atoms with Crippen LogP contribution in [0.5, 0.6) is 0 Å². The normalized spacial score (nSPS) is 11.6. The first-order chi connectivity index (χ1) is 10.2. The van der Waals surface area contributed by atoms with Gasteiger partial charge in [0.25, 0.3) is 0 Å². The Morgan fingerprint density at radius 1 is 1.29 bits per heavy atom. The fraction of sp³-hybridized carbons (Fsp3) is 0.188. The molecule has 4 nitrogen and oxygen atoms in total. The van der Waals surface area contributed by atoms with Crippen molar-refractivity contribution in [1.82, 2.24) is 4.98 Å². The minimum Gasteiger partial charge on any atom is -0.369 e. The molecule has 0 aliphatic carbocycles. The molecule has 0 saturated heterocycles. The van der Waals surface area contributed by atoms with Crippen molar-refractivity contribution in [3.05, 3.63) is 64.9 Å². The van der Waals surface area contributed by atoms with Gasteiger partial charge in [0.05, 0.1) is 18.4 Å². The van der Waals surface area contributed by atoms with E-state index in [2.05, 4.69) is 4.98 Å². The molecule has 0 aliphatic rings. The number of hydrogen-bond acceptors (Lipinski definition) is 4. The lowest BCUT2D eigenvalue weighted by molar-refractivity contribution is -0.124. The molecule has 106 valence electrons. The van der Waals surface area contributed by atoms with Crippen molar-refractivity contribution in [3.8, 4) is 6.07 Å². The maximum atomic E-state index is 12.0. The molecule has 0 saturated carbocycles. The Hall–Kier alpha value is -2.22. The Morgan fingerprint density at radius 2 is 2.05 bits per heavy atom. The van der Waals surface area contributed by atoms with Gasteiger partial charge in [-0.3, -0.25) is 9.78 Å². The van der Waals surface area contributed by atoms with Crippen LogP contribution < -0.4 is 0 Å². The summed E-state index contributed by atoms with van der Waals surface area (Å²) >= 11 is 6.00. The number of ketones is 1. The Bertz CT molecular complexity index is 653. The number of carbonyl (C=O) groups excluding carboxylic acids is 1. The molecule has 5 heteroatoms. The fourth-order valence-corrected chi connectivity index (χ4v) is 2.00. The SMILES string of the molecule is N#C[C@H](C(=O)COCc1ccccc1Cl)c1ccccn1. The summed E-state index contributed by atoms with van der Waals surface area (Å²) < 4.78 is 5.35. The molecule has 1 aromatic carbocycles. The number of carbonyl (C=O) groups is 1. The van der Waals surface area contributed by atoms with Crippen LogP contribution in [-0.2, 0) is 16.1 Å². The van der Waals surface area contributed by atoms with Crippen molar-refractivity contribution in [2.24, 2.45) is 0 Å². The van der Waals surface area contributed by atoms with Gasteiger partial charge >= 0.3 is 0 Å². The van der Waals surface area contributed by atoms with Gasteiger partial charge in [0, 0.05) is 11.2 Å². The minimum absolute atomic E-state index is 0.153. The number of benzene rings is 1. The molecule has 2 aromatic rings. The molecule has 2 rings (SSSR count). The molecule has 0 amide bonds. The summed E-state index contributed by atoms with van der Waals surface area (Å²) in [7, 11) is 0. The predicted molar refractivity (Wildman–Crippen MR) is 78.7 cm³/mol. The van der Waals surface area contributed by atoms with Gasteiger partial charge in [0.1, 0.15) is 12.5 Å². The van der Waals surface area contributed by atoms with E-state index in [1.54, 1.807) is 30.5 Å². The topological polar surface area (TPSA) is 63.0 Å². The summed E-state index contributed by atoms with van der Waals surface area (Å²) in [6.07, 6.45) is 1.55. The zero-order valence-corrected chi connectivity index (χ0v) is 12.0. The van der Waals surface area contributed by atoms with Crippen molar-refractivity contribution in [2.75, 3.05) is 6.61 Å². The van der Waals surface area contributed by atoms with Crippen LogP contribution in [0.1, 0.15) is 17.2 Å². The number of Topliss-reactive ketones (excluding diaryl/α,β-unsaturated/α-hetero) is 1. The third kappa shape index (κ3) is 4.12. The van der Waals surface area contributed by atoms with Crippen LogP contribution in [0.2, 0.25) is 5.02 Å². The van der Waals surface area contributed by atoms with Gasteiger partial charge in [0.15, 0.2) is 5.78 Å². The smallest absolute Gasteiger partial charge is 0.181 e. The lowest BCUT2D eigenvalue weighted by Crippen LogP contribution is -2.18. The molecule has 0 spiro atoms. The molecule has 0 radical (unpaired) electrons. The summed E-state index contributed by atoms with van der Waals surface area (Å²) in [5, 5.41) is 9.71. The van der Waals surface area contributed by atoms with Gasteiger partial charge in [-0.1, -0.05) is 35.9 Å². The van der Waals surface area contributed by atoms with Crippen molar-refractivity contribution in [2.45, 2.75) is 12.5 Å². The molecular weight excluding hydrogens is 288 g/mol. The van der Waals surface area contributed by atoms with E-state index < -0.39 is 5.92 Å². The van der Waals surface area contributed by atoms with Gasteiger partial charge in [-0.2, -0.15) is 5.26 Å². The molecule has 0 aliphatic heterocycles. The van der Waals surface area contributed by atoms with Gasteiger partial charge in [-0.25, -0.2) is 0 Å². The first-order valence-electron chi connectivity index (χ1n) is 6.37. The van der Waals surface area contributed by atoms with E-state index in [1.807, 2.05) is 24.3 Å². The standard InChI is InChI=1S/C16H13ClN2O2/c17-14-6-2-1-5-12(14)10-21-11-16(20)13(9-18)15-7-3-4-8-19-15/h1-8,13H,10-11H2/t13-/m0/s1. The highest BCUT2D eigenvalue weighted by molar-refractivity contribution is 6.31. The van der Waals surface area contributed by atoms with Crippen molar-refractivity contribution >= 4 is 17.4 Å². The summed E-state index contributed by atoms with van der Waals surface area (Å²) in [4.78, 5) is 16.1. The van der Waals surface area contributed by atoms with Gasteiger partial charge < -0.3 is 4.74 Å². The van der Waals surface area contributed by atoms with E-state index >= 15 is 0 Å². The Balaban J connectivity index is 1.93. The second-order valence-electron chi connectivity index (χ2n) is 4.37. The second kappa shape index (κ2) is 7.53. The third-order valence-corrected chi connectivity index (χ3v) is 3.26. The van der Waals surface area contributed by atoms with Crippen LogP contribution in [0.15, 0.2) is 48.7 Å². The summed E-state index contributed by atoms with van der Waals surface area (Å²) in [6.45, 7) is 0.0752. The van der Waals surface area contributed by atoms with E-state index in [0.29, 0.717) is 10.7 Å². The molecule has 0 bridgehead atoms. The van der Waals surface area contributed by atoms with Crippen molar-refractivity contribution < 1.29 is 9.53 Å². The largest absolute Gasteiger partial charge is 0.369 e. The molecule has 1 heterocycles. The number of rotatable bonds is 6. The highest BCUT2D eigenvalue weighted by Gasteiger charge is 2.21. The third-order valence-electron chi connectivity index (χ3n) is 2.89. The highest BCUT2D eigenvalue weighted by atomic mass is 35.5. The monoisotopic (exact) mass is 300 g/mol. The Kier molecular flexibility index (Phi) is 5.44. The van der Waals surface area contributed by atoms with Crippen LogP contribution in [0, 0.1) is 11.3 Å². The number of pyridine rings is 1.